The summed E-state index contributed by atoms with van der Waals surface area (Å²) in [6.07, 6.45) is 2.27. The number of nitro groups is 1. The lowest BCUT2D eigenvalue weighted by atomic mass is 10.1. The molecule has 0 spiro atoms. The number of benzene rings is 1. The quantitative estimate of drug-likeness (QED) is 0.651. The molecule has 0 amide bonds. The van der Waals surface area contributed by atoms with Gasteiger partial charge in [-0.2, -0.15) is 0 Å². The largest absolute Gasteiger partial charge is 0.392 e. The van der Waals surface area contributed by atoms with Crippen molar-refractivity contribution in [1.82, 2.24) is 4.90 Å². The van der Waals surface area contributed by atoms with Gasteiger partial charge in [-0.25, -0.2) is 0 Å². The van der Waals surface area contributed by atoms with Crippen molar-refractivity contribution >= 4 is 5.69 Å². The molecule has 0 saturated carbocycles. The molecule has 1 fully saturated rings. The average Bonchev–Trinajstić information content (AvgIpc) is 2.37. The third-order valence-electron chi connectivity index (χ3n) is 3.37. The van der Waals surface area contributed by atoms with Gasteiger partial charge in [0.1, 0.15) is 0 Å². The lowest BCUT2D eigenvalue weighted by Crippen LogP contribution is -2.39. The number of likely N-dealkylation sites (tertiary alicyclic amines) is 1. The fraction of sp³-hybridized carbons (Fsp3) is 0.538. The van der Waals surface area contributed by atoms with Gasteiger partial charge in [0.25, 0.3) is 5.69 Å². The van der Waals surface area contributed by atoms with Crippen LogP contribution in [0.2, 0.25) is 0 Å². The van der Waals surface area contributed by atoms with E-state index in [-0.39, 0.29) is 16.7 Å². The standard InChI is InChI=1S/C13H18N2O3/c16-12-5-3-8-14(10-12)9-7-11-4-1-2-6-13(11)15(17)18/h1-2,4,6,12,16H,3,5,7-10H2. The molecule has 0 bridgehead atoms. The monoisotopic (exact) mass is 250 g/mol. The topological polar surface area (TPSA) is 66.6 Å². The van der Waals surface area contributed by atoms with Crippen LogP contribution in [0.1, 0.15) is 18.4 Å². The second-order valence-corrected chi connectivity index (χ2v) is 4.73. The molecule has 1 heterocycles. The number of β-amino-alcohol motifs (C(OH)–C–C–N with tert-alkyl or cyclic N) is 1. The van der Waals surface area contributed by atoms with Gasteiger partial charge in [0.05, 0.1) is 11.0 Å². The van der Waals surface area contributed by atoms with Crippen molar-refractivity contribution in [2.24, 2.45) is 0 Å². The summed E-state index contributed by atoms with van der Waals surface area (Å²) in [5.41, 5.74) is 0.956. The Hall–Kier alpha value is -1.46. The summed E-state index contributed by atoms with van der Waals surface area (Å²) in [5, 5.41) is 20.4. The summed E-state index contributed by atoms with van der Waals surface area (Å²) < 4.78 is 0. The Morgan fingerprint density at radius 3 is 2.94 bits per heavy atom. The first-order valence-corrected chi connectivity index (χ1v) is 6.29. The molecule has 1 atom stereocenters. The molecule has 98 valence electrons. The Kier molecular flexibility index (Phi) is 4.28. The first kappa shape index (κ1) is 13.0. The van der Waals surface area contributed by atoms with Crippen LogP contribution in [0.5, 0.6) is 0 Å². The van der Waals surface area contributed by atoms with E-state index in [9.17, 15) is 15.2 Å². The van der Waals surface area contributed by atoms with E-state index in [1.165, 1.54) is 0 Å². The molecule has 5 heteroatoms. The second-order valence-electron chi connectivity index (χ2n) is 4.73. The smallest absolute Gasteiger partial charge is 0.272 e. The number of hydrogen-bond donors (Lipinski definition) is 1. The third-order valence-corrected chi connectivity index (χ3v) is 3.37. The van der Waals surface area contributed by atoms with Gasteiger partial charge in [-0.3, -0.25) is 10.1 Å². The summed E-state index contributed by atoms with van der Waals surface area (Å²) in [6.45, 7) is 2.42. The van der Waals surface area contributed by atoms with Crippen LogP contribution in [0, 0.1) is 10.1 Å². The fourth-order valence-electron chi connectivity index (χ4n) is 2.41. The first-order chi connectivity index (χ1) is 8.66. The maximum Gasteiger partial charge on any atom is 0.272 e. The van der Waals surface area contributed by atoms with E-state index in [4.69, 9.17) is 0 Å². The molecule has 1 N–H and O–H groups in total. The average molecular weight is 250 g/mol. The van der Waals surface area contributed by atoms with Crippen molar-refractivity contribution in [2.45, 2.75) is 25.4 Å². The minimum absolute atomic E-state index is 0.190. The van der Waals surface area contributed by atoms with E-state index in [0.29, 0.717) is 13.0 Å². The van der Waals surface area contributed by atoms with Crippen molar-refractivity contribution in [3.8, 4) is 0 Å². The van der Waals surface area contributed by atoms with Crippen LogP contribution in [-0.4, -0.2) is 40.7 Å². The summed E-state index contributed by atoms with van der Waals surface area (Å²) >= 11 is 0. The Balaban J connectivity index is 1.95. The number of para-hydroxylation sites is 1. The number of rotatable bonds is 4. The molecular formula is C13H18N2O3. The van der Waals surface area contributed by atoms with Crippen LogP contribution in [-0.2, 0) is 6.42 Å². The number of nitrogens with zero attached hydrogens (tertiary/aromatic N) is 2. The number of aliphatic hydroxyl groups is 1. The highest BCUT2D eigenvalue weighted by atomic mass is 16.6. The van der Waals surface area contributed by atoms with E-state index >= 15 is 0 Å². The molecule has 18 heavy (non-hydrogen) atoms. The molecule has 2 rings (SSSR count). The Morgan fingerprint density at radius 1 is 1.44 bits per heavy atom. The van der Waals surface area contributed by atoms with Crippen LogP contribution in [0.25, 0.3) is 0 Å². The maximum atomic E-state index is 10.9. The van der Waals surface area contributed by atoms with Gasteiger partial charge in [-0.1, -0.05) is 18.2 Å². The Morgan fingerprint density at radius 2 is 2.22 bits per heavy atom. The molecule has 1 saturated heterocycles. The van der Waals surface area contributed by atoms with E-state index in [1.807, 2.05) is 6.07 Å². The lowest BCUT2D eigenvalue weighted by molar-refractivity contribution is -0.385. The molecule has 0 radical (unpaired) electrons. The van der Waals surface area contributed by atoms with Gasteiger partial charge in [0.2, 0.25) is 0 Å². The van der Waals surface area contributed by atoms with Gasteiger partial charge in [0.15, 0.2) is 0 Å². The molecule has 1 aliphatic rings. The molecular weight excluding hydrogens is 232 g/mol. The van der Waals surface area contributed by atoms with Crippen LogP contribution in [0.4, 0.5) is 5.69 Å². The number of hydrogen-bond acceptors (Lipinski definition) is 4. The molecule has 0 aromatic heterocycles. The second kappa shape index (κ2) is 5.93. The number of piperidine rings is 1. The van der Waals surface area contributed by atoms with Crippen LogP contribution in [0.3, 0.4) is 0 Å². The zero-order chi connectivity index (χ0) is 13.0. The van der Waals surface area contributed by atoms with E-state index in [1.54, 1.807) is 18.2 Å². The van der Waals surface area contributed by atoms with Gasteiger partial charge in [-0.15, -0.1) is 0 Å². The van der Waals surface area contributed by atoms with Crippen LogP contribution < -0.4 is 0 Å². The summed E-state index contributed by atoms with van der Waals surface area (Å²) in [4.78, 5) is 12.7. The number of aliphatic hydroxyl groups excluding tert-OH is 1. The van der Waals surface area contributed by atoms with Crippen molar-refractivity contribution in [2.75, 3.05) is 19.6 Å². The Labute approximate surface area is 106 Å². The number of nitro benzene ring substituents is 1. The predicted molar refractivity (Wildman–Crippen MR) is 68.5 cm³/mol. The molecule has 1 aromatic carbocycles. The summed E-state index contributed by atoms with van der Waals surface area (Å²) in [5.74, 6) is 0. The zero-order valence-electron chi connectivity index (χ0n) is 10.3. The summed E-state index contributed by atoms with van der Waals surface area (Å²) in [7, 11) is 0. The zero-order valence-corrected chi connectivity index (χ0v) is 10.3. The van der Waals surface area contributed by atoms with Crippen LogP contribution in [0.15, 0.2) is 24.3 Å². The summed E-state index contributed by atoms with van der Waals surface area (Å²) in [6, 6.07) is 6.86. The van der Waals surface area contributed by atoms with Crippen molar-refractivity contribution in [3.05, 3.63) is 39.9 Å². The van der Waals surface area contributed by atoms with E-state index in [0.717, 1.165) is 31.5 Å². The predicted octanol–water partition coefficient (Wildman–Crippen LogP) is 1.59. The van der Waals surface area contributed by atoms with Gasteiger partial charge >= 0.3 is 0 Å². The molecule has 0 aliphatic carbocycles. The van der Waals surface area contributed by atoms with Gasteiger partial charge in [0, 0.05) is 24.7 Å². The van der Waals surface area contributed by atoms with E-state index < -0.39 is 0 Å². The SMILES string of the molecule is O=[N+]([O-])c1ccccc1CCN1CCCC(O)C1. The molecule has 1 unspecified atom stereocenters. The minimum Gasteiger partial charge on any atom is -0.392 e. The maximum absolute atomic E-state index is 10.9. The van der Waals surface area contributed by atoms with E-state index in [2.05, 4.69) is 4.90 Å². The van der Waals surface area contributed by atoms with Crippen molar-refractivity contribution < 1.29 is 10.0 Å². The minimum atomic E-state index is -0.333. The van der Waals surface area contributed by atoms with Crippen molar-refractivity contribution in [1.29, 1.82) is 0 Å². The molecule has 1 aromatic rings. The fourth-order valence-corrected chi connectivity index (χ4v) is 2.41. The van der Waals surface area contributed by atoms with Gasteiger partial charge < -0.3 is 10.0 Å². The van der Waals surface area contributed by atoms with Crippen molar-refractivity contribution in [3.63, 3.8) is 0 Å². The third kappa shape index (κ3) is 3.27. The van der Waals surface area contributed by atoms with Crippen LogP contribution >= 0.6 is 0 Å². The highest BCUT2D eigenvalue weighted by Gasteiger charge is 2.18. The van der Waals surface area contributed by atoms with Gasteiger partial charge in [-0.05, 0) is 25.8 Å². The molecule has 1 aliphatic heterocycles. The molecule has 5 nitrogen and oxygen atoms in total. The highest BCUT2D eigenvalue weighted by molar-refractivity contribution is 5.39. The normalized spacial score (nSPS) is 20.8. The Bertz CT molecular complexity index is 422. The first-order valence-electron chi connectivity index (χ1n) is 6.29. The lowest BCUT2D eigenvalue weighted by Gasteiger charge is -2.29. The highest BCUT2D eigenvalue weighted by Crippen LogP contribution is 2.19.